The van der Waals surface area contributed by atoms with Crippen molar-refractivity contribution in [2.45, 2.75) is 45.2 Å². The quantitative estimate of drug-likeness (QED) is 0.925. The number of hydrogen-bond donors (Lipinski definition) is 1. The highest BCUT2D eigenvalue weighted by Crippen LogP contribution is 2.28. The van der Waals surface area contributed by atoms with Crippen LogP contribution in [0.3, 0.4) is 0 Å². The van der Waals surface area contributed by atoms with Crippen LogP contribution in [0.25, 0.3) is 0 Å². The van der Waals surface area contributed by atoms with E-state index in [4.69, 9.17) is 17.3 Å². The van der Waals surface area contributed by atoms with Crippen molar-refractivity contribution in [2.75, 3.05) is 18.0 Å². The molecule has 0 amide bonds. The predicted molar refractivity (Wildman–Crippen MR) is 84.8 cm³/mol. The van der Waals surface area contributed by atoms with Gasteiger partial charge in [0.1, 0.15) is 5.69 Å². The Hall–Kier alpha value is -1.07. The second-order valence-electron chi connectivity index (χ2n) is 6.50. The maximum Gasteiger partial charge on any atom is 0.291 e. The number of nitrogens with zero attached hydrogens (tertiary/aromatic N) is 3. The average Bonchev–Trinajstić information content (AvgIpc) is 2.40. The molecule has 6 heteroatoms. The highest BCUT2D eigenvalue weighted by molar-refractivity contribution is 6.33. The zero-order valence-electron chi connectivity index (χ0n) is 12.5. The molecule has 2 N–H and O–H groups in total. The van der Waals surface area contributed by atoms with Crippen LogP contribution in [0.4, 0.5) is 5.69 Å². The topological polar surface area (TPSA) is 64.2 Å². The van der Waals surface area contributed by atoms with Gasteiger partial charge in [-0.1, -0.05) is 24.9 Å². The lowest BCUT2D eigenvalue weighted by Crippen LogP contribution is -2.49. The Morgan fingerprint density at radius 1 is 1.43 bits per heavy atom. The second-order valence-corrected chi connectivity index (χ2v) is 6.91. The van der Waals surface area contributed by atoms with Crippen LogP contribution in [0.2, 0.25) is 5.02 Å². The molecule has 3 rings (SSSR count). The summed E-state index contributed by atoms with van der Waals surface area (Å²) in [5.41, 5.74) is 6.65. The van der Waals surface area contributed by atoms with Crippen LogP contribution >= 0.6 is 11.6 Å². The van der Waals surface area contributed by atoms with Gasteiger partial charge >= 0.3 is 0 Å². The summed E-state index contributed by atoms with van der Waals surface area (Å²) in [4.78, 5) is 14.7. The fourth-order valence-corrected chi connectivity index (χ4v) is 3.34. The molecule has 0 radical (unpaired) electrons. The minimum Gasteiger partial charge on any atom is -0.364 e. The fraction of sp³-hybridized carbons (Fsp3) is 0.733. The zero-order valence-corrected chi connectivity index (χ0v) is 13.2. The molecule has 5 nitrogen and oxygen atoms in total. The summed E-state index contributed by atoms with van der Waals surface area (Å²) >= 11 is 6.25. The van der Waals surface area contributed by atoms with Crippen molar-refractivity contribution in [3.8, 4) is 0 Å². The zero-order chi connectivity index (χ0) is 15.0. The van der Waals surface area contributed by atoms with Gasteiger partial charge in [0, 0.05) is 25.7 Å². The van der Waals surface area contributed by atoms with E-state index in [9.17, 15) is 4.79 Å². The summed E-state index contributed by atoms with van der Waals surface area (Å²) in [5.74, 6) is 1.08. The van der Waals surface area contributed by atoms with Gasteiger partial charge in [-0.25, -0.2) is 4.68 Å². The van der Waals surface area contributed by atoms with Crippen LogP contribution < -0.4 is 16.2 Å². The summed E-state index contributed by atoms with van der Waals surface area (Å²) in [6, 6.07) is 0.0856. The van der Waals surface area contributed by atoms with E-state index in [0.717, 1.165) is 13.0 Å². The van der Waals surface area contributed by atoms with Crippen molar-refractivity contribution in [3.63, 3.8) is 0 Å². The maximum atomic E-state index is 12.7. The Labute approximate surface area is 130 Å². The second kappa shape index (κ2) is 5.97. The van der Waals surface area contributed by atoms with Gasteiger partial charge in [-0.15, -0.1) is 0 Å². The van der Waals surface area contributed by atoms with Crippen LogP contribution in [0.15, 0.2) is 11.0 Å². The molecule has 2 aliphatic rings. The minimum atomic E-state index is -0.0730. The third kappa shape index (κ3) is 2.94. The number of piperidine rings is 1. The molecule has 2 atom stereocenters. The van der Waals surface area contributed by atoms with Gasteiger partial charge < -0.3 is 10.6 Å². The smallest absolute Gasteiger partial charge is 0.291 e. The van der Waals surface area contributed by atoms with E-state index in [-0.39, 0.29) is 11.6 Å². The third-order valence-electron chi connectivity index (χ3n) is 4.96. The van der Waals surface area contributed by atoms with E-state index in [1.54, 1.807) is 10.9 Å². The van der Waals surface area contributed by atoms with Gasteiger partial charge in [-0.05, 0) is 31.1 Å². The Morgan fingerprint density at radius 3 is 2.81 bits per heavy atom. The van der Waals surface area contributed by atoms with Crippen molar-refractivity contribution in [1.82, 2.24) is 9.78 Å². The molecule has 1 aliphatic carbocycles. The number of anilines is 1. The molecule has 2 heterocycles. The van der Waals surface area contributed by atoms with Gasteiger partial charge in [-0.2, -0.15) is 5.10 Å². The Kier molecular flexibility index (Phi) is 4.22. The van der Waals surface area contributed by atoms with Crippen molar-refractivity contribution >= 4 is 17.3 Å². The fourth-order valence-electron chi connectivity index (χ4n) is 3.10. The van der Waals surface area contributed by atoms with E-state index in [0.29, 0.717) is 35.6 Å². The summed E-state index contributed by atoms with van der Waals surface area (Å²) in [6.07, 6.45) is 6.23. The van der Waals surface area contributed by atoms with E-state index in [2.05, 4.69) is 12.0 Å². The van der Waals surface area contributed by atoms with Crippen LogP contribution in [0.1, 0.15) is 32.6 Å². The monoisotopic (exact) mass is 310 g/mol. The van der Waals surface area contributed by atoms with E-state index in [1.165, 1.54) is 19.3 Å². The molecular formula is C15H23ClN4O. The SMILES string of the molecule is CC1CCN(c2c(Cl)cnn(CC3CCC3)c2=O)CC1N. The molecule has 2 unspecified atom stereocenters. The summed E-state index contributed by atoms with van der Waals surface area (Å²) < 4.78 is 1.58. The first-order valence-corrected chi connectivity index (χ1v) is 8.20. The number of halogens is 1. The van der Waals surface area contributed by atoms with Crippen molar-refractivity contribution in [2.24, 2.45) is 17.6 Å². The number of nitrogens with two attached hydrogens (primary N) is 1. The van der Waals surface area contributed by atoms with Gasteiger partial charge in [0.15, 0.2) is 0 Å². The van der Waals surface area contributed by atoms with Crippen molar-refractivity contribution in [1.29, 1.82) is 0 Å². The largest absolute Gasteiger partial charge is 0.364 e. The van der Waals surface area contributed by atoms with Crippen LogP contribution in [-0.2, 0) is 6.54 Å². The van der Waals surface area contributed by atoms with Gasteiger partial charge in [0.05, 0.1) is 11.2 Å². The standard InChI is InChI=1S/C15H23ClN4O/c1-10-5-6-19(9-13(10)17)14-12(16)7-18-20(15(14)21)8-11-3-2-4-11/h7,10-11,13H,2-6,8-9,17H2,1H3. The Morgan fingerprint density at radius 2 is 2.19 bits per heavy atom. The lowest BCUT2D eigenvalue weighted by atomic mass is 9.85. The number of aromatic nitrogens is 2. The molecule has 1 aliphatic heterocycles. The molecule has 2 fully saturated rings. The van der Waals surface area contributed by atoms with Crippen LogP contribution in [-0.4, -0.2) is 28.9 Å². The molecule has 1 saturated heterocycles. The van der Waals surface area contributed by atoms with Crippen LogP contribution in [0, 0.1) is 11.8 Å². The van der Waals surface area contributed by atoms with Crippen molar-refractivity contribution < 1.29 is 0 Å². The molecular weight excluding hydrogens is 288 g/mol. The molecule has 0 bridgehead atoms. The molecule has 1 aromatic rings. The molecule has 1 aromatic heterocycles. The predicted octanol–water partition coefficient (Wildman–Crippen LogP) is 1.87. The van der Waals surface area contributed by atoms with Gasteiger partial charge in [0.25, 0.3) is 5.56 Å². The first kappa shape index (κ1) is 14.9. The van der Waals surface area contributed by atoms with E-state index >= 15 is 0 Å². The van der Waals surface area contributed by atoms with E-state index < -0.39 is 0 Å². The number of hydrogen-bond acceptors (Lipinski definition) is 4. The molecule has 116 valence electrons. The van der Waals surface area contributed by atoms with Crippen molar-refractivity contribution in [3.05, 3.63) is 21.6 Å². The van der Waals surface area contributed by atoms with Gasteiger partial charge in [-0.3, -0.25) is 4.79 Å². The number of rotatable bonds is 3. The normalized spacial score (nSPS) is 26.7. The van der Waals surface area contributed by atoms with Gasteiger partial charge in [0.2, 0.25) is 0 Å². The maximum absolute atomic E-state index is 12.7. The molecule has 0 spiro atoms. The third-order valence-corrected chi connectivity index (χ3v) is 5.24. The highest BCUT2D eigenvalue weighted by Gasteiger charge is 2.27. The first-order chi connectivity index (χ1) is 10.1. The lowest BCUT2D eigenvalue weighted by Gasteiger charge is -2.36. The van der Waals surface area contributed by atoms with Crippen LogP contribution in [0.5, 0.6) is 0 Å². The Balaban J connectivity index is 1.86. The summed E-state index contributed by atoms with van der Waals surface area (Å²) in [6.45, 7) is 4.38. The highest BCUT2D eigenvalue weighted by atomic mass is 35.5. The lowest BCUT2D eigenvalue weighted by molar-refractivity contribution is 0.261. The van der Waals surface area contributed by atoms with E-state index in [1.807, 2.05) is 4.90 Å². The molecule has 21 heavy (non-hydrogen) atoms. The minimum absolute atomic E-state index is 0.0730. The molecule has 1 saturated carbocycles. The molecule has 0 aromatic carbocycles. The summed E-state index contributed by atoms with van der Waals surface area (Å²) in [5, 5.41) is 4.64. The first-order valence-electron chi connectivity index (χ1n) is 7.82. The Bertz CT molecular complexity index is 569. The summed E-state index contributed by atoms with van der Waals surface area (Å²) in [7, 11) is 0. The average molecular weight is 311 g/mol.